The molecule has 0 atom stereocenters. The van der Waals surface area contributed by atoms with Gasteiger partial charge in [-0.1, -0.05) is 12.8 Å². The van der Waals surface area contributed by atoms with Crippen LogP contribution in [0.1, 0.15) is 64.2 Å². The van der Waals surface area contributed by atoms with Crippen molar-refractivity contribution < 1.29 is 9.59 Å². The fraction of sp³-hybridized carbons (Fsp3) is 0.875. The zero-order chi connectivity index (χ0) is 13.7. The number of hydrogen-bond donors (Lipinski definition) is 0. The lowest BCUT2D eigenvalue weighted by atomic mass is 9.83. The Morgan fingerprint density at radius 3 is 2.10 bits per heavy atom. The molecule has 3 aliphatic carbocycles. The molecule has 1 spiro atoms. The standard InChI is InChI=1S/C16H24N2O2/c19-14-11-17(12-3-1-2-4-12)15(20)18(14)13-5-7-16(8-6-13)9-10-16/h12-13H,1-11H2. The number of carbonyl (C=O) groups excluding carboxylic acids is 2. The molecule has 0 bridgehead atoms. The Hall–Kier alpha value is -1.06. The van der Waals surface area contributed by atoms with Gasteiger partial charge in [0.2, 0.25) is 0 Å². The van der Waals surface area contributed by atoms with Gasteiger partial charge in [0.25, 0.3) is 5.91 Å². The Labute approximate surface area is 120 Å². The molecule has 110 valence electrons. The van der Waals surface area contributed by atoms with Gasteiger partial charge in [-0.15, -0.1) is 0 Å². The molecule has 0 aromatic rings. The van der Waals surface area contributed by atoms with Crippen molar-refractivity contribution in [1.82, 2.24) is 9.80 Å². The number of carbonyl (C=O) groups is 2. The number of nitrogens with zero attached hydrogens (tertiary/aromatic N) is 2. The number of imide groups is 1. The molecule has 4 heteroatoms. The van der Waals surface area contributed by atoms with E-state index in [1.807, 2.05) is 4.90 Å². The largest absolute Gasteiger partial charge is 0.327 e. The maximum absolute atomic E-state index is 12.6. The van der Waals surface area contributed by atoms with Crippen molar-refractivity contribution in [3.8, 4) is 0 Å². The van der Waals surface area contributed by atoms with Crippen LogP contribution >= 0.6 is 0 Å². The Bertz CT molecular complexity index is 428. The summed E-state index contributed by atoms with van der Waals surface area (Å²) in [4.78, 5) is 28.4. The second-order valence-corrected chi connectivity index (χ2v) is 7.34. The van der Waals surface area contributed by atoms with Crippen molar-refractivity contribution in [3.63, 3.8) is 0 Å². The number of rotatable bonds is 2. The van der Waals surface area contributed by atoms with E-state index in [-0.39, 0.29) is 18.0 Å². The van der Waals surface area contributed by atoms with Crippen LogP contribution in [0.3, 0.4) is 0 Å². The summed E-state index contributed by atoms with van der Waals surface area (Å²) < 4.78 is 0. The maximum Gasteiger partial charge on any atom is 0.327 e. The van der Waals surface area contributed by atoms with Crippen molar-refractivity contribution in [2.45, 2.75) is 76.3 Å². The van der Waals surface area contributed by atoms with E-state index in [0.717, 1.165) is 25.7 Å². The summed E-state index contributed by atoms with van der Waals surface area (Å²) in [6.07, 6.45) is 11.8. The van der Waals surface area contributed by atoms with Gasteiger partial charge in [-0.25, -0.2) is 4.79 Å². The smallest absolute Gasteiger partial charge is 0.312 e. The van der Waals surface area contributed by atoms with Crippen molar-refractivity contribution >= 4 is 11.9 Å². The molecule has 0 unspecified atom stereocenters. The molecule has 20 heavy (non-hydrogen) atoms. The van der Waals surface area contributed by atoms with Crippen molar-refractivity contribution in [2.24, 2.45) is 5.41 Å². The van der Waals surface area contributed by atoms with Crippen LogP contribution in [-0.2, 0) is 4.79 Å². The lowest BCUT2D eigenvalue weighted by molar-refractivity contribution is -0.127. The van der Waals surface area contributed by atoms with Gasteiger partial charge in [0.15, 0.2) is 0 Å². The summed E-state index contributed by atoms with van der Waals surface area (Å²) in [5.41, 5.74) is 0.619. The third-order valence-electron chi connectivity index (χ3n) is 6.13. The summed E-state index contributed by atoms with van der Waals surface area (Å²) in [7, 11) is 0. The molecule has 3 saturated carbocycles. The minimum absolute atomic E-state index is 0.0126. The summed E-state index contributed by atoms with van der Waals surface area (Å²) in [5, 5.41) is 0. The second-order valence-electron chi connectivity index (χ2n) is 7.34. The highest BCUT2D eigenvalue weighted by Crippen LogP contribution is 2.56. The highest BCUT2D eigenvalue weighted by atomic mass is 16.2. The number of urea groups is 1. The minimum atomic E-state index is 0.0126. The molecule has 1 heterocycles. The summed E-state index contributed by atoms with van der Waals surface area (Å²) in [6, 6.07) is 0.529. The summed E-state index contributed by atoms with van der Waals surface area (Å²) in [5.74, 6) is 0.0543. The molecule has 1 saturated heterocycles. The van der Waals surface area contributed by atoms with E-state index in [4.69, 9.17) is 0 Å². The molecule has 0 radical (unpaired) electrons. The number of amides is 3. The molecule has 4 rings (SSSR count). The normalized spacial score (nSPS) is 30.8. The molecular weight excluding hydrogens is 252 g/mol. The van der Waals surface area contributed by atoms with Gasteiger partial charge in [-0.2, -0.15) is 0 Å². The van der Waals surface area contributed by atoms with Gasteiger partial charge in [0.05, 0.1) is 0 Å². The molecular formula is C16H24N2O2. The van der Waals surface area contributed by atoms with E-state index in [1.165, 1.54) is 38.5 Å². The van der Waals surface area contributed by atoms with Crippen LogP contribution in [0.4, 0.5) is 4.79 Å². The topological polar surface area (TPSA) is 40.6 Å². The average Bonchev–Trinajstić information content (AvgIpc) is 2.88. The minimum Gasteiger partial charge on any atom is -0.312 e. The predicted molar refractivity (Wildman–Crippen MR) is 75.1 cm³/mol. The zero-order valence-electron chi connectivity index (χ0n) is 12.1. The van der Waals surface area contributed by atoms with E-state index >= 15 is 0 Å². The van der Waals surface area contributed by atoms with E-state index < -0.39 is 0 Å². The zero-order valence-corrected chi connectivity index (χ0v) is 12.1. The maximum atomic E-state index is 12.6. The lowest BCUT2D eigenvalue weighted by Gasteiger charge is -2.34. The van der Waals surface area contributed by atoms with Crippen LogP contribution in [0.2, 0.25) is 0 Å². The fourth-order valence-corrected chi connectivity index (χ4v) is 4.55. The van der Waals surface area contributed by atoms with Gasteiger partial charge < -0.3 is 4.90 Å². The Kier molecular flexibility index (Phi) is 2.83. The summed E-state index contributed by atoms with van der Waals surface area (Å²) in [6.45, 7) is 0.338. The molecule has 0 aromatic carbocycles. The van der Waals surface area contributed by atoms with Gasteiger partial charge in [0, 0.05) is 12.1 Å². The van der Waals surface area contributed by atoms with Crippen molar-refractivity contribution in [3.05, 3.63) is 0 Å². The van der Waals surface area contributed by atoms with Crippen LogP contribution in [0.5, 0.6) is 0 Å². The Balaban J connectivity index is 1.45. The van der Waals surface area contributed by atoms with Crippen molar-refractivity contribution in [2.75, 3.05) is 6.54 Å². The first-order chi connectivity index (χ1) is 9.69. The third-order valence-corrected chi connectivity index (χ3v) is 6.13. The predicted octanol–water partition coefficient (Wildman–Crippen LogP) is 2.92. The molecule has 4 fully saturated rings. The fourth-order valence-electron chi connectivity index (χ4n) is 4.55. The van der Waals surface area contributed by atoms with Crippen LogP contribution in [-0.4, -0.2) is 40.4 Å². The first-order valence-corrected chi connectivity index (χ1v) is 8.31. The molecule has 0 aromatic heterocycles. The van der Waals surface area contributed by atoms with Crippen LogP contribution < -0.4 is 0 Å². The van der Waals surface area contributed by atoms with Gasteiger partial charge in [-0.05, 0) is 56.8 Å². The second kappa shape index (κ2) is 4.47. The van der Waals surface area contributed by atoms with Crippen LogP contribution in [0, 0.1) is 5.41 Å². The summed E-state index contributed by atoms with van der Waals surface area (Å²) >= 11 is 0. The van der Waals surface area contributed by atoms with Gasteiger partial charge in [0.1, 0.15) is 6.54 Å². The van der Waals surface area contributed by atoms with Gasteiger partial charge in [-0.3, -0.25) is 9.69 Å². The van der Waals surface area contributed by atoms with Gasteiger partial charge >= 0.3 is 6.03 Å². The molecule has 4 nitrogen and oxygen atoms in total. The SMILES string of the molecule is O=C1CN(C2CCCC2)C(=O)N1C1CCC2(CC1)CC2. The highest BCUT2D eigenvalue weighted by Gasteiger charge is 2.49. The highest BCUT2D eigenvalue weighted by molar-refractivity contribution is 6.02. The quantitative estimate of drug-likeness (QED) is 0.728. The molecule has 4 aliphatic rings. The molecule has 3 amide bonds. The Morgan fingerprint density at radius 1 is 0.850 bits per heavy atom. The average molecular weight is 276 g/mol. The van der Waals surface area contributed by atoms with Crippen LogP contribution in [0.25, 0.3) is 0 Å². The first-order valence-electron chi connectivity index (χ1n) is 8.31. The molecule has 1 aliphatic heterocycles. The van der Waals surface area contributed by atoms with E-state index in [1.54, 1.807) is 4.90 Å². The van der Waals surface area contributed by atoms with E-state index in [9.17, 15) is 9.59 Å². The third kappa shape index (κ3) is 1.95. The number of hydrogen-bond acceptors (Lipinski definition) is 2. The Morgan fingerprint density at radius 2 is 1.50 bits per heavy atom. The van der Waals surface area contributed by atoms with E-state index in [0.29, 0.717) is 18.0 Å². The molecule has 0 N–H and O–H groups in total. The van der Waals surface area contributed by atoms with Crippen molar-refractivity contribution in [1.29, 1.82) is 0 Å². The van der Waals surface area contributed by atoms with E-state index in [2.05, 4.69) is 0 Å². The first kappa shape index (κ1) is 12.7. The monoisotopic (exact) mass is 276 g/mol. The lowest BCUT2D eigenvalue weighted by Crippen LogP contribution is -2.44. The van der Waals surface area contributed by atoms with Crippen LogP contribution in [0.15, 0.2) is 0 Å².